The molecule has 0 saturated carbocycles. The lowest BCUT2D eigenvalue weighted by Gasteiger charge is -1.99. The average molecular weight is 273 g/mol. The van der Waals surface area contributed by atoms with Crippen molar-refractivity contribution < 1.29 is 19.1 Å². The van der Waals surface area contributed by atoms with E-state index in [1.807, 2.05) is 32.0 Å². The summed E-state index contributed by atoms with van der Waals surface area (Å²) in [7, 11) is 0. The maximum atomic E-state index is 11.2. The van der Waals surface area contributed by atoms with E-state index >= 15 is 0 Å². The highest BCUT2D eigenvalue weighted by molar-refractivity contribution is 5.86. The van der Waals surface area contributed by atoms with Crippen LogP contribution in [-0.4, -0.2) is 16.1 Å². The van der Waals surface area contributed by atoms with E-state index in [-0.39, 0.29) is 11.7 Å². The molecule has 1 aromatic heterocycles. The number of fused-ring (bicyclic) bond motifs is 1. The standard InChI is InChI=1S/C15H15NO4/c1-8(2)12-13(15(17)18)20-14(16-12)9-3-4-10-6-19-7-11(10)5-9/h3-5,8H,6-7H2,1-2H3,(H,17,18). The molecule has 0 unspecified atom stereocenters. The lowest BCUT2D eigenvalue weighted by atomic mass is 10.1. The number of carboxylic acids is 1. The van der Waals surface area contributed by atoms with Crippen molar-refractivity contribution in [2.24, 2.45) is 0 Å². The first kappa shape index (κ1) is 12.9. The highest BCUT2D eigenvalue weighted by Gasteiger charge is 2.23. The Morgan fingerprint density at radius 3 is 2.70 bits per heavy atom. The van der Waals surface area contributed by atoms with E-state index in [1.54, 1.807) is 0 Å². The predicted octanol–water partition coefficient (Wildman–Crippen LogP) is 3.19. The summed E-state index contributed by atoms with van der Waals surface area (Å²) in [4.78, 5) is 15.5. The van der Waals surface area contributed by atoms with Gasteiger partial charge in [-0.1, -0.05) is 19.9 Å². The summed E-state index contributed by atoms with van der Waals surface area (Å²) in [6.45, 7) is 4.99. The number of ether oxygens (including phenoxy) is 1. The number of rotatable bonds is 3. The predicted molar refractivity (Wildman–Crippen MR) is 71.5 cm³/mol. The van der Waals surface area contributed by atoms with Gasteiger partial charge >= 0.3 is 5.97 Å². The molecule has 3 rings (SSSR count). The van der Waals surface area contributed by atoms with Gasteiger partial charge in [0.1, 0.15) is 0 Å². The van der Waals surface area contributed by atoms with Gasteiger partial charge in [-0.05, 0) is 29.2 Å². The second-order valence-electron chi connectivity index (χ2n) is 5.17. The summed E-state index contributed by atoms with van der Waals surface area (Å²) in [5.74, 6) is -0.819. The van der Waals surface area contributed by atoms with Crippen molar-refractivity contribution in [1.82, 2.24) is 4.98 Å². The molecule has 104 valence electrons. The molecule has 0 spiro atoms. The van der Waals surface area contributed by atoms with Gasteiger partial charge in [0, 0.05) is 5.56 Å². The van der Waals surface area contributed by atoms with E-state index in [2.05, 4.69) is 4.98 Å². The van der Waals surface area contributed by atoms with Gasteiger partial charge in [0.25, 0.3) is 0 Å². The molecule has 0 bridgehead atoms. The van der Waals surface area contributed by atoms with E-state index in [1.165, 1.54) is 0 Å². The van der Waals surface area contributed by atoms with Crippen molar-refractivity contribution in [2.45, 2.75) is 33.0 Å². The molecule has 0 amide bonds. The molecule has 0 atom stereocenters. The Bertz CT molecular complexity index is 673. The zero-order valence-electron chi connectivity index (χ0n) is 11.3. The molecule has 1 N–H and O–H groups in total. The molecule has 5 nitrogen and oxygen atoms in total. The minimum atomic E-state index is -1.09. The molecule has 2 heterocycles. The van der Waals surface area contributed by atoms with Crippen molar-refractivity contribution >= 4 is 5.97 Å². The summed E-state index contributed by atoms with van der Waals surface area (Å²) < 4.78 is 10.8. The quantitative estimate of drug-likeness (QED) is 0.929. The molecular formula is C15H15NO4. The van der Waals surface area contributed by atoms with Crippen LogP contribution in [0, 0.1) is 0 Å². The molecule has 1 aliphatic heterocycles. The van der Waals surface area contributed by atoms with Crippen LogP contribution in [0.15, 0.2) is 22.6 Å². The number of nitrogens with zero attached hydrogens (tertiary/aromatic N) is 1. The fourth-order valence-corrected chi connectivity index (χ4v) is 2.31. The summed E-state index contributed by atoms with van der Waals surface area (Å²) >= 11 is 0. The van der Waals surface area contributed by atoms with Gasteiger partial charge < -0.3 is 14.3 Å². The molecule has 0 saturated heterocycles. The summed E-state index contributed by atoms with van der Waals surface area (Å²) in [5.41, 5.74) is 3.51. The van der Waals surface area contributed by atoms with E-state index in [0.29, 0.717) is 24.8 Å². The monoisotopic (exact) mass is 273 g/mol. The van der Waals surface area contributed by atoms with E-state index in [9.17, 15) is 9.90 Å². The van der Waals surface area contributed by atoms with Crippen LogP contribution in [0.3, 0.4) is 0 Å². The van der Waals surface area contributed by atoms with Gasteiger partial charge in [-0.3, -0.25) is 0 Å². The van der Waals surface area contributed by atoms with Crippen LogP contribution in [0.2, 0.25) is 0 Å². The number of benzene rings is 1. The molecule has 0 radical (unpaired) electrons. The maximum Gasteiger partial charge on any atom is 0.373 e. The first-order valence-corrected chi connectivity index (χ1v) is 6.50. The van der Waals surface area contributed by atoms with E-state index < -0.39 is 5.97 Å². The third-order valence-corrected chi connectivity index (χ3v) is 3.36. The van der Waals surface area contributed by atoms with Crippen molar-refractivity contribution in [1.29, 1.82) is 0 Å². The van der Waals surface area contributed by atoms with Gasteiger partial charge in [0.2, 0.25) is 11.7 Å². The SMILES string of the molecule is CC(C)c1nc(-c2ccc3c(c2)COC3)oc1C(=O)O. The third-order valence-electron chi connectivity index (χ3n) is 3.36. The Kier molecular flexibility index (Phi) is 3.06. The minimum absolute atomic E-state index is 0.00337. The van der Waals surface area contributed by atoms with Crippen LogP contribution in [0.25, 0.3) is 11.5 Å². The molecule has 20 heavy (non-hydrogen) atoms. The molecule has 1 aromatic carbocycles. The zero-order valence-corrected chi connectivity index (χ0v) is 11.3. The summed E-state index contributed by atoms with van der Waals surface area (Å²) in [6, 6.07) is 5.80. The van der Waals surface area contributed by atoms with Crippen molar-refractivity contribution in [2.75, 3.05) is 0 Å². The Morgan fingerprint density at radius 1 is 1.30 bits per heavy atom. The van der Waals surface area contributed by atoms with Crippen molar-refractivity contribution in [3.05, 3.63) is 40.8 Å². The number of hydrogen-bond donors (Lipinski definition) is 1. The third kappa shape index (κ3) is 2.10. The van der Waals surface area contributed by atoms with Crippen LogP contribution in [-0.2, 0) is 18.0 Å². The average Bonchev–Trinajstić information content (AvgIpc) is 3.04. The number of carbonyl (C=O) groups is 1. The minimum Gasteiger partial charge on any atom is -0.475 e. The number of hydrogen-bond acceptors (Lipinski definition) is 4. The van der Waals surface area contributed by atoms with Gasteiger partial charge in [0.15, 0.2) is 0 Å². The summed E-state index contributed by atoms with van der Waals surface area (Å²) in [5, 5.41) is 9.18. The van der Waals surface area contributed by atoms with Crippen LogP contribution >= 0.6 is 0 Å². The highest BCUT2D eigenvalue weighted by Crippen LogP contribution is 2.29. The van der Waals surface area contributed by atoms with Gasteiger partial charge in [-0.2, -0.15) is 0 Å². The topological polar surface area (TPSA) is 72.6 Å². The van der Waals surface area contributed by atoms with Gasteiger partial charge in [-0.25, -0.2) is 9.78 Å². The van der Waals surface area contributed by atoms with Gasteiger partial charge in [-0.15, -0.1) is 0 Å². The number of carboxylic acid groups (broad SMARTS) is 1. The fourth-order valence-electron chi connectivity index (χ4n) is 2.31. The molecule has 2 aromatic rings. The Morgan fingerprint density at radius 2 is 2.05 bits per heavy atom. The largest absolute Gasteiger partial charge is 0.475 e. The lowest BCUT2D eigenvalue weighted by Crippen LogP contribution is -2.01. The van der Waals surface area contributed by atoms with E-state index in [0.717, 1.165) is 16.7 Å². The molecule has 5 heteroatoms. The summed E-state index contributed by atoms with van der Waals surface area (Å²) in [6.07, 6.45) is 0. The van der Waals surface area contributed by atoms with Crippen molar-refractivity contribution in [3.63, 3.8) is 0 Å². The zero-order chi connectivity index (χ0) is 14.3. The number of aromatic carboxylic acids is 1. The second kappa shape index (κ2) is 4.76. The Hall–Kier alpha value is -2.14. The second-order valence-corrected chi connectivity index (χ2v) is 5.17. The molecular weight excluding hydrogens is 258 g/mol. The van der Waals surface area contributed by atoms with Crippen LogP contribution in [0.5, 0.6) is 0 Å². The van der Waals surface area contributed by atoms with Crippen LogP contribution in [0.1, 0.15) is 47.1 Å². The fraction of sp³-hybridized carbons (Fsp3) is 0.333. The smallest absolute Gasteiger partial charge is 0.373 e. The maximum absolute atomic E-state index is 11.2. The lowest BCUT2D eigenvalue weighted by molar-refractivity contribution is 0.0661. The number of aromatic nitrogens is 1. The van der Waals surface area contributed by atoms with Crippen LogP contribution < -0.4 is 0 Å². The first-order valence-electron chi connectivity index (χ1n) is 6.50. The molecule has 0 aliphatic carbocycles. The molecule has 1 aliphatic rings. The van der Waals surface area contributed by atoms with E-state index in [4.69, 9.17) is 9.15 Å². The normalized spacial score (nSPS) is 13.8. The first-order chi connectivity index (χ1) is 9.56. The Labute approximate surface area is 116 Å². The molecule has 0 fully saturated rings. The number of oxazole rings is 1. The highest BCUT2D eigenvalue weighted by atomic mass is 16.5. The Balaban J connectivity index is 2.06. The van der Waals surface area contributed by atoms with Crippen molar-refractivity contribution in [3.8, 4) is 11.5 Å². The van der Waals surface area contributed by atoms with Gasteiger partial charge in [0.05, 0.1) is 18.9 Å². The van der Waals surface area contributed by atoms with Crippen LogP contribution in [0.4, 0.5) is 0 Å².